The highest BCUT2D eigenvalue weighted by Gasteiger charge is 2.49. The first-order chi connectivity index (χ1) is 13.4. The van der Waals surface area contributed by atoms with E-state index >= 15 is 0 Å². The maximum Gasteiger partial charge on any atom is 0.167 e. The van der Waals surface area contributed by atoms with Crippen LogP contribution >= 0.6 is 0 Å². The third-order valence-electron chi connectivity index (χ3n) is 6.93. The van der Waals surface area contributed by atoms with E-state index in [9.17, 15) is 4.79 Å². The van der Waals surface area contributed by atoms with Crippen LogP contribution in [0.4, 0.5) is 5.69 Å². The van der Waals surface area contributed by atoms with Crippen LogP contribution in [0.2, 0.25) is 0 Å². The summed E-state index contributed by atoms with van der Waals surface area (Å²) in [5, 5.41) is 3.62. The molecule has 0 spiro atoms. The number of pyridine rings is 1. The zero-order chi connectivity index (χ0) is 19.7. The van der Waals surface area contributed by atoms with E-state index in [-0.39, 0.29) is 5.78 Å². The Morgan fingerprint density at radius 2 is 1.96 bits per heavy atom. The Morgan fingerprint density at radius 1 is 1.18 bits per heavy atom. The second kappa shape index (κ2) is 5.69. The Morgan fingerprint density at radius 3 is 2.75 bits per heavy atom. The number of hydrogen-bond acceptors (Lipinski definition) is 3. The van der Waals surface area contributed by atoms with Gasteiger partial charge in [-0.2, -0.15) is 0 Å². The van der Waals surface area contributed by atoms with Crippen LogP contribution < -0.4 is 5.32 Å². The molecule has 1 aliphatic carbocycles. The summed E-state index contributed by atoms with van der Waals surface area (Å²) in [4.78, 5) is 17.7. The molecule has 0 amide bonds. The number of fused-ring (bicyclic) bond motifs is 4. The van der Waals surface area contributed by atoms with Crippen molar-refractivity contribution >= 4 is 17.0 Å². The summed E-state index contributed by atoms with van der Waals surface area (Å²) in [5.74, 6) is 0.278. The van der Waals surface area contributed by atoms with Crippen molar-refractivity contribution in [1.29, 1.82) is 0 Å². The van der Waals surface area contributed by atoms with Gasteiger partial charge in [0.2, 0.25) is 0 Å². The molecule has 0 radical (unpaired) electrons. The molecule has 1 N–H and O–H groups in total. The summed E-state index contributed by atoms with van der Waals surface area (Å²) in [6, 6.07) is 8.63. The lowest BCUT2D eigenvalue weighted by Gasteiger charge is -2.44. The topological polar surface area (TPSA) is 46.4 Å². The van der Waals surface area contributed by atoms with Crippen molar-refractivity contribution in [2.45, 2.75) is 64.3 Å². The summed E-state index contributed by atoms with van der Waals surface area (Å²) < 4.78 is 2.16. The number of aromatic nitrogens is 2. The van der Waals surface area contributed by atoms with E-state index in [1.807, 2.05) is 26.4 Å². The highest BCUT2D eigenvalue weighted by Crippen LogP contribution is 2.49. The summed E-state index contributed by atoms with van der Waals surface area (Å²) in [6.07, 6.45) is 7.91. The molecule has 1 aliphatic heterocycles. The molecule has 0 saturated heterocycles. The fourth-order valence-corrected chi connectivity index (χ4v) is 5.29. The zero-order valence-corrected chi connectivity index (χ0v) is 17.1. The van der Waals surface area contributed by atoms with Crippen LogP contribution in [-0.4, -0.2) is 20.7 Å². The molecule has 5 rings (SSSR count). The summed E-state index contributed by atoms with van der Waals surface area (Å²) in [6.45, 7) is 8.30. The first kappa shape index (κ1) is 17.5. The number of carbonyl (C=O) groups is 1. The maximum atomic E-state index is 13.4. The quantitative estimate of drug-likeness (QED) is 0.693. The van der Waals surface area contributed by atoms with Crippen molar-refractivity contribution in [3.05, 3.63) is 53.5 Å². The minimum Gasteiger partial charge on any atom is -0.373 e. The van der Waals surface area contributed by atoms with Crippen LogP contribution in [0.15, 0.2) is 36.8 Å². The molecule has 1 atom stereocenters. The molecule has 2 aliphatic rings. The molecule has 0 bridgehead atoms. The smallest absolute Gasteiger partial charge is 0.167 e. The van der Waals surface area contributed by atoms with Crippen molar-refractivity contribution in [2.75, 3.05) is 5.32 Å². The number of ketones is 1. The van der Waals surface area contributed by atoms with Gasteiger partial charge >= 0.3 is 0 Å². The Kier molecular flexibility index (Phi) is 3.55. The van der Waals surface area contributed by atoms with Crippen LogP contribution in [-0.2, 0) is 23.1 Å². The van der Waals surface area contributed by atoms with E-state index in [1.54, 1.807) is 0 Å². The molecule has 4 heteroatoms. The van der Waals surface area contributed by atoms with E-state index in [0.29, 0.717) is 0 Å². The van der Waals surface area contributed by atoms with Gasteiger partial charge in [-0.25, -0.2) is 4.98 Å². The lowest BCUT2D eigenvalue weighted by molar-refractivity contribution is -0.128. The fourth-order valence-electron chi connectivity index (χ4n) is 5.29. The predicted octanol–water partition coefficient (Wildman–Crippen LogP) is 4.93. The van der Waals surface area contributed by atoms with Crippen LogP contribution in [0.5, 0.6) is 0 Å². The lowest BCUT2D eigenvalue weighted by Crippen LogP contribution is -2.54. The molecule has 3 aromatic rings. The van der Waals surface area contributed by atoms with Gasteiger partial charge < -0.3 is 5.32 Å². The van der Waals surface area contributed by atoms with Crippen LogP contribution in [0, 0.1) is 0 Å². The number of benzene rings is 1. The number of anilines is 1. The predicted molar refractivity (Wildman–Crippen MR) is 113 cm³/mol. The van der Waals surface area contributed by atoms with Gasteiger partial charge in [0.15, 0.2) is 5.78 Å². The average molecular weight is 374 g/mol. The van der Waals surface area contributed by atoms with Crippen molar-refractivity contribution in [3.63, 3.8) is 0 Å². The van der Waals surface area contributed by atoms with Crippen LogP contribution in [0.1, 0.15) is 57.2 Å². The molecule has 144 valence electrons. The number of hydrogen-bond donors (Lipinski definition) is 1. The van der Waals surface area contributed by atoms with E-state index in [1.165, 1.54) is 22.4 Å². The molecule has 4 nitrogen and oxygen atoms in total. The number of carbonyl (C=O) groups excluding carboxylic acids is 1. The number of nitrogens with one attached hydrogen (secondary N) is 1. The first-order valence-electron chi connectivity index (χ1n) is 10.3. The minimum absolute atomic E-state index is 0.278. The van der Waals surface area contributed by atoms with Gasteiger partial charge in [-0.05, 0) is 81.3 Å². The fraction of sp³-hybridized carbons (Fsp3) is 0.417. The van der Waals surface area contributed by atoms with Crippen molar-refractivity contribution < 1.29 is 4.79 Å². The Labute approximate surface area is 166 Å². The molecule has 28 heavy (non-hydrogen) atoms. The first-order valence-corrected chi connectivity index (χ1v) is 10.3. The van der Waals surface area contributed by atoms with Gasteiger partial charge in [0.1, 0.15) is 0 Å². The minimum atomic E-state index is -0.542. The Hall–Kier alpha value is -2.62. The molecule has 3 heterocycles. The second-order valence-corrected chi connectivity index (χ2v) is 9.02. The van der Waals surface area contributed by atoms with E-state index < -0.39 is 11.0 Å². The third-order valence-corrected chi connectivity index (χ3v) is 6.93. The SMILES string of the molecule is CCC1(C)C(=O)C(C)(C)Nc2c1cc(-c1cccc3cncn13)c1c2CCC1. The molecular formula is C24H27N3O. The highest BCUT2D eigenvalue weighted by molar-refractivity contribution is 6.04. The molecular weight excluding hydrogens is 346 g/mol. The maximum absolute atomic E-state index is 13.4. The standard InChI is InChI=1S/C24H27N3O/c1-5-24(4)19-12-18(20-11-6-8-15-13-25-14-27(15)20)16-9-7-10-17(16)21(19)26-23(2,3)22(24)28/h6,8,11-14,26H,5,7,9-10H2,1-4H3. The molecule has 1 aromatic carbocycles. The summed E-state index contributed by atoms with van der Waals surface area (Å²) in [7, 11) is 0. The monoisotopic (exact) mass is 373 g/mol. The summed E-state index contributed by atoms with van der Waals surface area (Å²) in [5.41, 5.74) is 7.70. The normalized spacial score (nSPS) is 22.8. The summed E-state index contributed by atoms with van der Waals surface area (Å²) >= 11 is 0. The Bertz CT molecular complexity index is 1120. The number of rotatable bonds is 2. The van der Waals surface area contributed by atoms with E-state index in [0.717, 1.165) is 42.5 Å². The highest BCUT2D eigenvalue weighted by atomic mass is 16.1. The average Bonchev–Trinajstić information content (AvgIpc) is 3.35. The van der Waals surface area contributed by atoms with Gasteiger partial charge in [-0.3, -0.25) is 9.20 Å². The van der Waals surface area contributed by atoms with Crippen LogP contribution in [0.3, 0.4) is 0 Å². The second-order valence-electron chi connectivity index (χ2n) is 9.02. The molecule has 0 saturated carbocycles. The van der Waals surface area contributed by atoms with Crippen molar-refractivity contribution in [1.82, 2.24) is 9.38 Å². The Balaban J connectivity index is 1.85. The third kappa shape index (κ3) is 2.17. The van der Waals surface area contributed by atoms with Crippen molar-refractivity contribution in [2.24, 2.45) is 0 Å². The van der Waals surface area contributed by atoms with Gasteiger partial charge in [0.25, 0.3) is 0 Å². The van der Waals surface area contributed by atoms with Crippen molar-refractivity contribution in [3.8, 4) is 11.3 Å². The molecule has 1 unspecified atom stereocenters. The zero-order valence-electron chi connectivity index (χ0n) is 17.1. The van der Waals surface area contributed by atoms with E-state index in [4.69, 9.17) is 0 Å². The number of Topliss-reactive ketones (excluding diaryl/α,β-unsaturated/α-hetero) is 1. The van der Waals surface area contributed by atoms with Gasteiger partial charge in [-0.1, -0.05) is 13.0 Å². The number of nitrogens with zero attached hydrogens (tertiary/aromatic N) is 2. The van der Waals surface area contributed by atoms with Gasteiger partial charge in [0.05, 0.1) is 34.7 Å². The number of imidazole rings is 1. The largest absolute Gasteiger partial charge is 0.373 e. The molecule has 0 fully saturated rings. The molecule has 2 aromatic heterocycles. The lowest BCUT2D eigenvalue weighted by atomic mass is 9.66. The van der Waals surface area contributed by atoms with Gasteiger partial charge in [-0.15, -0.1) is 0 Å². The van der Waals surface area contributed by atoms with E-state index in [2.05, 4.69) is 52.8 Å². The van der Waals surface area contributed by atoms with Crippen LogP contribution in [0.25, 0.3) is 16.8 Å². The van der Waals surface area contributed by atoms with Gasteiger partial charge in [0, 0.05) is 11.3 Å².